The van der Waals surface area contributed by atoms with Crippen LogP contribution in [0.1, 0.15) is 56.5 Å². The molecule has 1 N–H and O–H groups in total. The van der Waals surface area contributed by atoms with E-state index in [9.17, 15) is 4.79 Å². The van der Waals surface area contributed by atoms with Crippen LogP contribution in [0.4, 0.5) is 5.13 Å². The summed E-state index contributed by atoms with van der Waals surface area (Å²) >= 11 is 1.45. The molecule has 1 aliphatic rings. The molecule has 2 heterocycles. The molecule has 0 bridgehead atoms. The van der Waals surface area contributed by atoms with Gasteiger partial charge in [-0.1, -0.05) is 56.4 Å². The lowest BCUT2D eigenvalue weighted by atomic mass is 9.83. The van der Waals surface area contributed by atoms with Crippen molar-refractivity contribution in [2.24, 2.45) is 5.41 Å². The Bertz CT molecular complexity index is 1000. The molecular weight excluding hydrogens is 344 g/mol. The van der Waals surface area contributed by atoms with E-state index < -0.39 is 0 Å². The largest absolute Gasteiger partial charge is 0.353 e. The highest BCUT2D eigenvalue weighted by molar-refractivity contribution is 7.20. The van der Waals surface area contributed by atoms with Crippen molar-refractivity contribution in [2.75, 3.05) is 5.32 Å². The highest BCUT2D eigenvalue weighted by Gasteiger charge is 2.30. The normalized spacial score (nSPS) is 19.1. The summed E-state index contributed by atoms with van der Waals surface area (Å²) in [5, 5.41) is 8.83. The maximum absolute atomic E-state index is 12.3. The Morgan fingerprint density at radius 1 is 1.35 bits per heavy atom. The van der Waals surface area contributed by atoms with Crippen LogP contribution in [0.2, 0.25) is 0 Å². The Morgan fingerprint density at radius 2 is 2.15 bits per heavy atom. The fraction of sp³-hybridized carbons (Fsp3) is 0.450. The van der Waals surface area contributed by atoms with E-state index in [-0.39, 0.29) is 17.0 Å². The highest BCUT2D eigenvalue weighted by Crippen LogP contribution is 2.41. The van der Waals surface area contributed by atoms with Gasteiger partial charge >= 0.3 is 0 Å². The fourth-order valence-corrected chi connectivity index (χ4v) is 4.59. The van der Waals surface area contributed by atoms with E-state index >= 15 is 0 Å². The average molecular weight is 369 g/mol. The molecule has 0 aliphatic heterocycles. The third-order valence-corrected chi connectivity index (χ3v) is 6.06. The molecule has 0 saturated heterocycles. The van der Waals surface area contributed by atoms with Gasteiger partial charge in [0, 0.05) is 11.8 Å². The third-order valence-electron chi connectivity index (χ3n) is 5.22. The van der Waals surface area contributed by atoms with Gasteiger partial charge in [0.1, 0.15) is 0 Å². The van der Waals surface area contributed by atoms with Crippen molar-refractivity contribution in [1.29, 1.82) is 0 Å². The van der Waals surface area contributed by atoms with Gasteiger partial charge in [0.15, 0.2) is 0 Å². The molecule has 26 heavy (non-hydrogen) atoms. The van der Waals surface area contributed by atoms with Crippen LogP contribution >= 0.6 is 11.3 Å². The summed E-state index contributed by atoms with van der Waals surface area (Å²) in [7, 11) is 0. The van der Waals surface area contributed by atoms with E-state index in [1.807, 2.05) is 6.92 Å². The molecule has 136 valence electrons. The lowest BCUT2D eigenvalue weighted by molar-refractivity contribution is 0.300. The summed E-state index contributed by atoms with van der Waals surface area (Å²) in [4.78, 5) is 17.4. The zero-order valence-electron chi connectivity index (χ0n) is 15.5. The van der Waals surface area contributed by atoms with Crippen LogP contribution in [0.15, 0.2) is 35.1 Å². The standard InChI is InChI=1S/C20H24N4OS/c1-4-14-11-17(25)24-19(21-14)26-18(23-24)22-16-12-20(2,3)10-9-13-7-5-6-8-15(13)16/h5-8,11,16H,4,9-10,12H2,1-3H3,(H,22,23). The van der Waals surface area contributed by atoms with Crippen molar-refractivity contribution < 1.29 is 0 Å². The van der Waals surface area contributed by atoms with Gasteiger partial charge in [0.25, 0.3) is 5.56 Å². The number of nitrogens with zero attached hydrogens (tertiary/aromatic N) is 3. The topological polar surface area (TPSA) is 59.3 Å². The minimum Gasteiger partial charge on any atom is -0.353 e. The Labute approximate surface area is 157 Å². The van der Waals surface area contributed by atoms with Crippen molar-refractivity contribution in [3.05, 3.63) is 57.5 Å². The van der Waals surface area contributed by atoms with Gasteiger partial charge in [-0.25, -0.2) is 4.98 Å². The Kier molecular flexibility index (Phi) is 4.31. The number of benzene rings is 1. The number of fused-ring (bicyclic) bond motifs is 2. The van der Waals surface area contributed by atoms with E-state index in [1.54, 1.807) is 6.07 Å². The van der Waals surface area contributed by atoms with E-state index in [0.717, 1.165) is 30.1 Å². The number of hydrogen-bond donors (Lipinski definition) is 1. The van der Waals surface area contributed by atoms with Crippen LogP contribution in [0.3, 0.4) is 0 Å². The van der Waals surface area contributed by atoms with Gasteiger partial charge in [-0.05, 0) is 42.2 Å². The summed E-state index contributed by atoms with van der Waals surface area (Å²) in [6.07, 6.45) is 4.05. The maximum atomic E-state index is 12.3. The molecule has 1 aliphatic carbocycles. The minimum atomic E-state index is -0.113. The van der Waals surface area contributed by atoms with Crippen LogP contribution in [0.25, 0.3) is 4.96 Å². The first-order valence-electron chi connectivity index (χ1n) is 9.19. The number of hydrogen-bond acceptors (Lipinski definition) is 5. The Balaban J connectivity index is 1.72. The lowest BCUT2D eigenvalue weighted by Crippen LogP contribution is -2.20. The molecule has 0 amide bonds. The Hall–Kier alpha value is -2.21. The molecule has 2 aromatic heterocycles. The smallest absolute Gasteiger partial charge is 0.275 e. The first kappa shape index (κ1) is 17.2. The molecule has 1 aromatic carbocycles. The molecule has 5 nitrogen and oxygen atoms in total. The van der Waals surface area contributed by atoms with Gasteiger partial charge in [0.05, 0.1) is 6.04 Å². The predicted molar refractivity (Wildman–Crippen MR) is 106 cm³/mol. The van der Waals surface area contributed by atoms with Crippen molar-refractivity contribution >= 4 is 21.4 Å². The van der Waals surface area contributed by atoms with E-state index in [4.69, 9.17) is 0 Å². The first-order chi connectivity index (χ1) is 12.4. The predicted octanol–water partition coefficient (Wildman–Crippen LogP) is 4.23. The SMILES string of the molecule is CCc1cc(=O)n2nc(NC3CC(C)(C)CCc4ccccc43)sc2n1. The molecule has 4 rings (SSSR count). The van der Waals surface area contributed by atoms with Crippen molar-refractivity contribution in [3.8, 4) is 0 Å². The molecule has 1 unspecified atom stereocenters. The van der Waals surface area contributed by atoms with Crippen LogP contribution in [-0.4, -0.2) is 14.6 Å². The average Bonchev–Trinajstić information content (AvgIpc) is 2.97. The molecular formula is C20H24N4OS. The van der Waals surface area contributed by atoms with Crippen LogP contribution in [0.5, 0.6) is 0 Å². The number of aromatic nitrogens is 3. The molecule has 3 aromatic rings. The van der Waals surface area contributed by atoms with Gasteiger partial charge in [-0.15, -0.1) is 5.10 Å². The van der Waals surface area contributed by atoms with E-state index in [0.29, 0.717) is 4.96 Å². The summed E-state index contributed by atoms with van der Waals surface area (Å²) < 4.78 is 1.40. The summed E-state index contributed by atoms with van der Waals surface area (Å²) in [6.45, 7) is 6.65. The molecule has 0 radical (unpaired) electrons. The summed E-state index contributed by atoms with van der Waals surface area (Å²) in [6, 6.07) is 10.4. The van der Waals surface area contributed by atoms with E-state index in [2.05, 4.69) is 53.5 Å². The molecule has 6 heteroatoms. The second-order valence-electron chi connectivity index (χ2n) is 7.80. The van der Waals surface area contributed by atoms with Crippen LogP contribution in [-0.2, 0) is 12.8 Å². The first-order valence-corrected chi connectivity index (χ1v) is 10.0. The number of aryl methyl sites for hydroxylation is 2. The van der Waals surface area contributed by atoms with E-state index in [1.165, 1.54) is 33.4 Å². The molecule has 0 spiro atoms. The molecule has 1 atom stereocenters. The minimum absolute atomic E-state index is 0.113. The molecule has 0 saturated carbocycles. The van der Waals surface area contributed by atoms with Crippen molar-refractivity contribution in [1.82, 2.24) is 14.6 Å². The quantitative estimate of drug-likeness (QED) is 0.703. The van der Waals surface area contributed by atoms with Gasteiger partial charge in [-0.3, -0.25) is 4.79 Å². The van der Waals surface area contributed by atoms with Crippen LogP contribution in [0, 0.1) is 5.41 Å². The highest BCUT2D eigenvalue weighted by atomic mass is 32.1. The fourth-order valence-electron chi connectivity index (χ4n) is 3.71. The van der Waals surface area contributed by atoms with Crippen LogP contribution < -0.4 is 10.9 Å². The monoisotopic (exact) mass is 368 g/mol. The third kappa shape index (κ3) is 3.26. The zero-order valence-corrected chi connectivity index (χ0v) is 16.3. The van der Waals surface area contributed by atoms with Crippen molar-refractivity contribution in [3.63, 3.8) is 0 Å². The lowest BCUT2D eigenvalue weighted by Gasteiger charge is -2.27. The van der Waals surface area contributed by atoms with Gasteiger partial charge < -0.3 is 5.32 Å². The summed E-state index contributed by atoms with van der Waals surface area (Å²) in [5.41, 5.74) is 3.69. The number of rotatable bonds is 3. The van der Waals surface area contributed by atoms with Gasteiger partial charge in [-0.2, -0.15) is 4.52 Å². The van der Waals surface area contributed by atoms with Crippen molar-refractivity contribution in [2.45, 2.75) is 52.5 Å². The summed E-state index contributed by atoms with van der Waals surface area (Å²) in [5.74, 6) is 0. The second kappa shape index (κ2) is 6.50. The number of anilines is 1. The van der Waals surface area contributed by atoms with Gasteiger partial charge in [0.2, 0.25) is 10.1 Å². The zero-order chi connectivity index (χ0) is 18.3. The second-order valence-corrected chi connectivity index (χ2v) is 8.76. The molecule has 0 fully saturated rings. The number of nitrogens with one attached hydrogen (secondary N) is 1. The Morgan fingerprint density at radius 3 is 2.96 bits per heavy atom. The maximum Gasteiger partial charge on any atom is 0.275 e.